The highest BCUT2D eigenvalue weighted by Crippen LogP contribution is 2.48. The van der Waals surface area contributed by atoms with Gasteiger partial charge < -0.3 is 15.0 Å². The molecule has 2 aromatic rings. The van der Waals surface area contributed by atoms with Crippen LogP contribution in [0.5, 0.6) is 5.75 Å². The second-order valence-corrected chi connectivity index (χ2v) is 7.57. The molecule has 1 aromatic heterocycles. The van der Waals surface area contributed by atoms with Gasteiger partial charge in [-0.2, -0.15) is 0 Å². The van der Waals surface area contributed by atoms with Crippen molar-refractivity contribution in [2.75, 3.05) is 19.0 Å². The number of methoxy groups -OCH3 is 1. The largest absolute Gasteiger partial charge is 0.497 e. The summed E-state index contributed by atoms with van der Waals surface area (Å²) in [4.78, 5) is 3.93. The third-order valence-corrected chi connectivity index (χ3v) is 6.00. The molecule has 120 valence electrons. The van der Waals surface area contributed by atoms with Crippen LogP contribution in [-0.2, 0) is 6.42 Å². The Morgan fingerprint density at radius 3 is 3.00 bits per heavy atom. The highest BCUT2D eigenvalue weighted by Gasteiger charge is 2.40. The maximum absolute atomic E-state index is 5.74. The Hall–Kier alpha value is -1.59. The van der Waals surface area contributed by atoms with Crippen LogP contribution in [0.25, 0.3) is 0 Å². The standard InChI is InChI=1S/C18H20N2OS2/c1-21-14-4-2-3-13(11-14)19-18(22)20-9-7-16-15(8-10-23-16)17(20)12-5-6-12/h2-4,8,10-12,17H,5-7,9H2,1H3,(H,19,22)/t17-/m1/s1. The van der Waals surface area contributed by atoms with Crippen molar-refractivity contribution in [3.8, 4) is 5.75 Å². The number of hydrogen-bond acceptors (Lipinski definition) is 3. The predicted octanol–water partition coefficient (Wildman–Crippen LogP) is 4.46. The van der Waals surface area contributed by atoms with Crippen LogP contribution in [0.1, 0.15) is 29.3 Å². The summed E-state index contributed by atoms with van der Waals surface area (Å²) in [5, 5.41) is 6.45. The van der Waals surface area contributed by atoms with Crippen molar-refractivity contribution in [3.05, 3.63) is 46.2 Å². The molecule has 4 rings (SSSR count). The minimum atomic E-state index is 0.454. The summed E-state index contributed by atoms with van der Waals surface area (Å²) in [7, 11) is 1.68. The zero-order valence-electron chi connectivity index (χ0n) is 13.1. The molecule has 0 amide bonds. The van der Waals surface area contributed by atoms with Crippen molar-refractivity contribution >= 4 is 34.4 Å². The molecule has 0 saturated heterocycles. The Morgan fingerprint density at radius 1 is 1.35 bits per heavy atom. The first kappa shape index (κ1) is 15.0. The summed E-state index contributed by atoms with van der Waals surface area (Å²) in [6.07, 6.45) is 3.73. The molecule has 1 fully saturated rings. The van der Waals surface area contributed by atoms with E-state index in [9.17, 15) is 0 Å². The molecule has 1 aliphatic carbocycles. The molecule has 1 atom stereocenters. The molecule has 0 bridgehead atoms. The molecule has 1 aromatic carbocycles. The molecule has 1 N–H and O–H groups in total. The summed E-state index contributed by atoms with van der Waals surface area (Å²) in [6, 6.07) is 10.7. The zero-order chi connectivity index (χ0) is 15.8. The van der Waals surface area contributed by atoms with E-state index < -0.39 is 0 Å². The summed E-state index contributed by atoms with van der Waals surface area (Å²) in [5.41, 5.74) is 2.48. The van der Waals surface area contributed by atoms with Crippen molar-refractivity contribution in [3.63, 3.8) is 0 Å². The Balaban J connectivity index is 1.55. The SMILES string of the molecule is COc1cccc(NC(=S)N2CCc3sccc3[C@H]2C2CC2)c1. The number of nitrogens with zero attached hydrogens (tertiary/aromatic N) is 1. The van der Waals surface area contributed by atoms with Crippen LogP contribution in [0, 0.1) is 5.92 Å². The van der Waals surface area contributed by atoms with E-state index >= 15 is 0 Å². The fourth-order valence-electron chi connectivity index (χ4n) is 3.39. The number of thiocarbonyl (C=S) groups is 1. The van der Waals surface area contributed by atoms with Gasteiger partial charge in [-0.3, -0.25) is 0 Å². The van der Waals surface area contributed by atoms with E-state index in [-0.39, 0.29) is 0 Å². The normalized spacial score (nSPS) is 20.0. The van der Waals surface area contributed by atoms with Gasteiger partial charge in [-0.1, -0.05) is 6.07 Å². The van der Waals surface area contributed by atoms with Gasteiger partial charge in [0.05, 0.1) is 13.2 Å². The first-order chi connectivity index (χ1) is 11.3. The smallest absolute Gasteiger partial charge is 0.173 e. The van der Waals surface area contributed by atoms with Crippen LogP contribution in [0.15, 0.2) is 35.7 Å². The summed E-state index contributed by atoms with van der Waals surface area (Å²) in [6.45, 7) is 1.00. The molecular formula is C18H20N2OS2. The molecule has 0 spiro atoms. The van der Waals surface area contributed by atoms with Gasteiger partial charge in [0.2, 0.25) is 0 Å². The number of hydrogen-bond donors (Lipinski definition) is 1. The second kappa shape index (κ2) is 6.13. The monoisotopic (exact) mass is 344 g/mol. The van der Waals surface area contributed by atoms with Gasteiger partial charge in [0.1, 0.15) is 5.75 Å². The number of benzene rings is 1. The number of fused-ring (bicyclic) bond motifs is 1. The van der Waals surface area contributed by atoms with Gasteiger partial charge >= 0.3 is 0 Å². The minimum absolute atomic E-state index is 0.454. The molecule has 0 radical (unpaired) electrons. The molecule has 2 heterocycles. The molecule has 3 nitrogen and oxygen atoms in total. The number of ether oxygens (including phenoxy) is 1. The number of nitrogens with one attached hydrogen (secondary N) is 1. The first-order valence-electron chi connectivity index (χ1n) is 8.04. The van der Waals surface area contributed by atoms with Gasteiger partial charge in [0.25, 0.3) is 0 Å². The third-order valence-electron chi connectivity index (χ3n) is 4.66. The molecule has 1 aliphatic heterocycles. The van der Waals surface area contributed by atoms with Gasteiger partial charge in [-0.05, 0) is 66.5 Å². The van der Waals surface area contributed by atoms with Crippen molar-refractivity contribution in [1.82, 2.24) is 4.90 Å². The maximum atomic E-state index is 5.74. The third kappa shape index (κ3) is 2.95. The Labute approximate surface area is 146 Å². The molecular weight excluding hydrogens is 324 g/mol. The van der Waals surface area contributed by atoms with E-state index in [4.69, 9.17) is 17.0 Å². The van der Waals surface area contributed by atoms with Gasteiger partial charge in [-0.25, -0.2) is 0 Å². The predicted molar refractivity (Wildman–Crippen MR) is 99.4 cm³/mol. The van der Waals surface area contributed by atoms with Crippen molar-refractivity contribution in [2.45, 2.75) is 25.3 Å². The van der Waals surface area contributed by atoms with Gasteiger partial charge in [0, 0.05) is 23.2 Å². The van der Waals surface area contributed by atoms with Crippen molar-refractivity contribution < 1.29 is 4.74 Å². The highest BCUT2D eigenvalue weighted by atomic mass is 32.1. The number of anilines is 1. The number of thiophene rings is 1. The fourth-order valence-corrected chi connectivity index (χ4v) is 4.63. The Kier molecular flexibility index (Phi) is 3.99. The average molecular weight is 345 g/mol. The van der Waals surface area contributed by atoms with Crippen LogP contribution in [0.2, 0.25) is 0 Å². The quantitative estimate of drug-likeness (QED) is 0.831. The number of rotatable bonds is 3. The van der Waals surface area contributed by atoms with Crippen LogP contribution >= 0.6 is 23.6 Å². The average Bonchev–Trinajstić information content (AvgIpc) is 3.30. The van der Waals surface area contributed by atoms with Gasteiger partial charge in [-0.15, -0.1) is 11.3 Å². The zero-order valence-corrected chi connectivity index (χ0v) is 14.8. The fraction of sp³-hybridized carbons (Fsp3) is 0.389. The van der Waals surface area contributed by atoms with E-state index in [1.54, 1.807) is 12.0 Å². The molecule has 23 heavy (non-hydrogen) atoms. The maximum Gasteiger partial charge on any atom is 0.173 e. The lowest BCUT2D eigenvalue weighted by atomic mass is 9.96. The van der Waals surface area contributed by atoms with Crippen LogP contribution in [0.3, 0.4) is 0 Å². The lowest BCUT2D eigenvalue weighted by Gasteiger charge is -2.38. The van der Waals surface area contributed by atoms with Gasteiger partial charge in [0.15, 0.2) is 5.11 Å². The van der Waals surface area contributed by atoms with E-state index in [0.29, 0.717) is 6.04 Å². The molecule has 5 heteroatoms. The van der Waals surface area contributed by atoms with E-state index in [1.165, 1.54) is 18.4 Å². The first-order valence-corrected chi connectivity index (χ1v) is 9.33. The second-order valence-electron chi connectivity index (χ2n) is 6.19. The van der Waals surface area contributed by atoms with Crippen LogP contribution in [-0.4, -0.2) is 23.7 Å². The molecule has 0 unspecified atom stereocenters. The summed E-state index contributed by atoms with van der Waals surface area (Å²) >= 11 is 7.63. The molecule has 1 saturated carbocycles. The van der Waals surface area contributed by atoms with E-state index in [1.807, 2.05) is 35.6 Å². The van der Waals surface area contributed by atoms with Crippen molar-refractivity contribution in [1.29, 1.82) is 0 Å². The molecule has 2 aliphatic rings. The topological polar surface area (TPSA) is 24.5 Å². The Morgan fingerprint density at radius 2 is 2.22 bits per heavy atom. The summed E-state index contributed by atoms with van der Waals surface area (Å²) < 4.78 is 5.29. The lowest BCUT2D eigenvalue weighted by Crippen LogP contribution is -2.42. The van der Waals surface area contributed by atoms with E-state index in [0.717, 1.165) is 35.4 Å². The minimum Gasteiger partial charge on any atom is -0.497 e. The van der Waals surface area contributed by atoms with Crippen LogP contribution < -0.4 is 10.1 Å². The van der Waals surface area contributed by atoms with E-state index in [2.05, 4.69) is 21.7 Å². The van der Waals surface area contributed by atoms with Crippen LogP contribution in [0.4, 0.5) is 5.69 Å². The Bertz CT molecular complexity index is 723. The highest BCUT2D eigenvalue weighted by molar-refractivity contribution is 7.80. The summed E-state index contributed by atoms with van der Waals surface area (Å²) in [5.74, 6) is 1.60. The van der Waals surface area contributed by atoms with Crippen molar-refractivity contribution in [2.24, 2.45) is 5.92 Å². The lowest BCUT2D eigenvalue weighted by molar-refractivity contribution is 0.276.